The number of amides is 1. The van der Waals surface area contributed by atoms with Crippen molar-refractivity contribution in [3.63, 3.8) is 0 Å². The molecule has 1 saturated carbocycles. The minimum absolute atomic E-state index is 0.161. The van der Waals surface area contributed by atoms with E-state index in [4.69, 9.17) is 0 Å². The summed E-state index contributed by atoms with van der Waals surface area (Å²) in [6, 6.07) is 0.235. The largest absolute Gasteiger partial charge is 0.309 e. The molecule has 0 aliphatic heterocycles. The number of nitrogens with zero attached hydrogens (tertiary/aromatic N) is 1. The van der Waals surface area contributed by atoms with Gasteiger partial charge in [-0.1, -0.05) is 39.0 Å². The second-order valence-electron chi connectivity index (χ2n) is 5.89. The lowest BCUT2D eigenvalue weighted by atomic mass is 9.90. The van der Waals surface area contributed by atoms with Crippen LogP contribution < -0.4 is 10.6 Å². The molecule has 1 heterocycles. The fourth-order valence-corrected chi connectivity index (χ4v) is 3.69. The Bertz CT molecular complexity index is 438. The first-order chi connectivity index (χ1) is 10.2. The Labute approximate surface area is 131 Å². The molecular weight excluding hydrogens is 282 g/mol. The lowest BCUT2D eigenvalue weighted by Crippen LogP contribution is -2.23. The van der Waals surface area contributed by atoms with Crippen LogP contribution in [0.4, 0.5) is 5.13 Å². The predicted octanol–water partition coefficient (Wildman–Crippen LogP) is 4.11. The van der Waals surface area contributed by atoms with E-state index >= 15 is 0 Å². The van der Waals surface area contributed by atoms with Crippen LogP contribution in [0.15, 0.2) is 5.38 Å². The summed E-state index contributed by atoms with van der Waals surface area (Å²) in [5, 5.41) is 9.12. The number of hydrogen-bond acceptors (Lipinski definition) is 4. The van der Waals surface area contributed by atoms with Crippen molar-refractivity contribution in [3.8, 4) is 0 Å². The maximum atomic E-state index is 12.4. The van der Waals surface area contributed by atoms with Crippen LogP contribution in [0.25, 0.3) is 0 Å². The van der Waals surface area contributed by atoms with Gasteiger partial charge in [0, 0.05) is 17.3 Å². The molecule has 1 fully saturated rings. The summed E-state index contributed by atoms with van der Waals surface area (Å²) in [6.45, 7) is 5.10. The van der Waals surface area contributed by atoms with Gasteiger partial charge >= 0.3 is 0 Å². The molecule has 1 aromatic rings. The molecule has 1 aliphatic carbocycles. The number of nitrogens with one attached hydrogen (secondary N) is 2. The van der Waals surface area contributed by atoms with Gasteiger partial charge in [0.25, 0.3) is 0 Å². The molecule has 118 valence electrons. The smallest absolute Gasteiger partial charge is 0.229 e. The molecule has 1 unspecified atom stereocenters. The molecule has 0 aromatic carbocycles. The summed E-state index contributed by atoms with van der Waals surface area (Å²) in [6.07, 6.45) is 8.27. The number of aromatic nitrogens is 1. The highest BCUT2D eigenvalue weighted by Gasteiger charge is 2.20. The second kappa shape index (κ2) is 8.49. The standard InChI is InChI=1S/C16H27N3OS/c1-3-17-12(2)14-11-21-16(18-14)19-15(20)13-9-7-5-4-6-8-10-13/h11-13,17H,3-10H2,1-2H3,(H,18,19,20). The van der Waals surface area contributed by atoms with Crippen LogP contribution in [0.2, 0.25) is 0 Å². The van der Waals surface area contributed by atoms with E-state index in [1.807, 2.05) is 5.38 Å². The monoisotopic (exact) mass is 309 g/mol. The lowest BCUT2D eigenvalue weighted by Gasteiger charge is -2.18. The first kappa shape index (κ1) is 16.4. The van der Waals surface area contributed by atoms with E-state index in [1.54, 1.807) is 0 Å². The fourth-order valence-electron chi connectivity index (χ4n) is 2.88. The Kier molecular flexibility index (Phi) is 6.64. The van der Waals surface area contributed by atoms with Gasteiger partial charge in [-0.2, -0.15) is 0 Å². The summed E-state index contributed by atoms with van der Waals surface area (Å²) >= 11 is 1.52. The maximum Gasteiger partial charge on any atom is 0.229 e. The molecule has 0 saturated heterocycles. The van der Waals surface area contributed by atoms with Crippen molar-refractivity contribution in [2.24, 2.45) is 5.92 Å². The van der Waals surface area contributed by atoms with E-state index in [0.717, 1.165) is 30.2 Å². The Balaban J connectivity index is 1.89. The average Bonchev–Trinajstić information content (AvgIpc) is 2.87. The molecule has 0 radical (unpaired) electrons. The van der Waals surface area contributed by atoms with Crippen LogP contribution in [0.1, 0.15) is 70.5 Å². The zero-order chi connectivity index (χ0) is 15.1. The summed E-state index contributed by atoms with van der Waals surface area (Å²) in [5.74, 6) is 0.331. The zero-order valence-electron chi connectivity index (χ0n) is 13.2. The number of carbonyl (C=O) groups is 1. The van der Waals surface area contributed by atoms with Crippen LogP contribution in [0, 0.1) is 5.92 Å². The van der Waals surface area contributed by atoms with E-state index in [9.17, 15) is 4.79 Å². The first-order valence-corrected chi connectivity index (χ1v) is 9.08. The number of anilines is 1. The first-order valence-electron chi connectivity index (χ1n) is 8.20. The van der Waals surface area contributed by atoms with Crippen LogP contribution in [0.3, 0.4) is 0 Å². The summed E-state index contributed by atoms with van der Waals surface area (Å²) in [5.41, 5.74) is 1.01. The molecule has 5 heteroatoms. The van der Waals surface area contributed by atoms with Crippen LogP contribution in [-0.2, 0) is 4.79 Å². The van der Waals surface area contributed by atoms with Crippen molar-refractivity contribution in [2.75, 3.05) is 11.9 Å². The highest BCUT2D eigenvalue weighted by molar-refractivity contribution is 7.13. The number of thiazole rings is 1. The molecule has 1 atom stereocenters. The van der Waals surface area contributed by atoms with Gasteiger partial charge in [-0.3, -0.25) is 4.79 Å². The van der Waals surface area contributed by atoms with Gasteiger partial charge < -0.3 is 10.6 Å². The van der Waals surface area contributed by atoms with Crippen molar-refractivity contribution in [3.05, 3.63) is 11.1 Å². The van der Waals surface area contributed by atoms with Gasteiger partial charge in [-0.05, 0) is 26.3 Å². The van der Waals surface area contributed by atoms with E-state index < -0.39 is 0 Å². The second-order valence-corrected chi connectivity index (χ2v) is 6.75. The van der Waals surface area contributed by atoms with E-state index in [0.29, 0.717) is 0 Å². The Morgan fingerprint density at radius 1 is 1.33 bits per heavy atom. The predicted molar refractivity (Wildman–Crippen MR) is 88.6 cm³/mol. The Hall–Kier alpha value is -0.940. The van der Waals surface area contributed by atoms with Crippen LogP contribution in [-0.4, -0.2) is 17.4 Å². The molecule has 1 aliphatic rings. The average molecular weight is 309 g/mol. The fraction of sp³-hybridized carbons (Fsp3) is 0.750. The molecule has 0 bridgehead atoms. The molecule has 0 spiro atoms. The summed E-state index contributed by atoms with van der Waals surface area (Å²) in [7, 11) is 0. The quantitative estimate of drug-likeness (QED) is 0.860. The van der Waals surface area contributed by atoms with Crippen molar-refractivity contribution < 1.29 is 4.79 Å². The third-order valence-electron chi connectivity index (χ3n) is 4.18. The van der Waals surface area contributed by atoms with Gasteiger partial charge in [0.1, 0.15) is 0 Å². The normalized spacial score (nSPS) is 18.8. The van der Waals surface area contributed by atoms with E-state index in [2.05, 4.69) is 29.5 Å². The Morgan fingerprint density at radius 3 is 2.67 bits per heavy atom. The van der Waals surface area contributed by atoms with Gasteiger partial charge in [-0.15, -0.1) is 11.3 Å². The molecule has 21 heavy (non-hydrogen) atoms. The summed E-state index contributed by atoms with van der Waals surface area (Å²) < 4.78 is 0. The minimum atomic E-state index is 0.161. The maximum absolute atomic E-state index is 12.4. The molecular formula is C16H27N3OS. The van der Waals surface area contributed by atoms with Crippen molar-refractivity contribution in [1.29, 1.82) is 0 Å². The minimum Gasteiger partial charge on any atom is -0.309 e. The molecule has 4 nitrogen and oxygen atoms in total. The Morgan fingerprint density at radius 2 is 2.00 bits per heavy atom. The van der Waals surface area contributed by atoms with Crippen LogP contribution >= 0.6 is 11.3 Å². The van der Waals surface area contributed by atoms with E-state index in [-0.39, 0.29) is 17.9 Å². The third-order valence-corrected chi connectivity index (χ3v) is 4.96. The third kappa shape index (κ3) is 5.08. The highest BCUT2D eigenvalue weighted by atomic mass is 32.1. The van der Waals surface area contributed by atoms with Gasteiger partial charge in [-0.25, -0.2) is 4.98 Å². The van der Waals surface area contributed by atoms with Crippen LogP contribution in [0.5, 0.6) is 0 Å². The van der Waals surface area contributed by atoms with Crippen molar-refractivity contribution in [1.82, 2.24) is 10.3 Å². The number of rotatable bonds is 5. The number of hydrogen-bond donors (Lipinski definition) is 2. The van der Waals surface area contributed by atoms with Crippen molar-refractivity contribution in [2.45, 2.75) is 64.8 Å². The molecule has 1 aromatic heterocycles. The SMILES string of the molecule is CCNC(C)c1csc(NC(=O)C2CCCCCCC2)n1. The molecule has 2 N–H and O–H groups in total. The molecule has 2 rings (SSSR count). The topological polar surface area (TPSA) is 54.0 Å². The van der Waals surface area contributed by atoms with Gasteiger partial charge in [0.05, 0.1) is 5.69 Å². The summed E-state index contributed by atoms with van der Waals surface area (Å²) in [4.78, 5) is 16.9. The highest BCUT2D eigenvalue weighted by Crippen LogP contribution is 2.25. The number of carbonyl (C=O) groups excluding carboxylic acids is 1. The van der Waals surface area contributed by atoms with E-state index in [1.165, 1.54) is 43.4 Å². The van der Waals surface area contributed by atoms with Crippen molar-refractivity contribution >= 4 is 22.4 Å². The molecule has 1 amide bonds. The zero-order valence-corrected chi connectivity index (χ0v) is 14.0. The van der Waals surface area contributed by atoms with Gasteiger partial charge in [0.2, 0.25) is 5.91 Å². The van der Waals surface area contributed by atoms with Gasteiger partial charge in [0.15, 0.2) is 5.13 Å². The lowest BCUT2D eigenvalue weighted by molar-refractivity contribution is -0.120.